The Morgan fingerprint density at radius 2 is 1.90 bits per heavy atom. The van der Waals surface area contributed by atoms with Crippen LogP contribution < -0.4 is 11.1 Å². The van der Waals surface area contributed by atoms with E-state index in [0.717, 1.165) is 5.56 Å². The summed E-state index contributed by atoms with van der Waals surface area (Å²) in [5.74, 6) is -1.53. The van der Waals surface area contributed by atoms with Crippen molar-refractivity contribution in [2.75, 3.05) is 11.1 Å². The lowest BCUT2D eigenvalue weighted by atomic mass is 10.1. The smallest absolute Gasteiger partial charge is 0.337 e. The van der Waals surface area contributed by atoms with Gasteiger partial charge in [-0.3, -0.25) is 4.79 Å². The van der Waals surface area contributed by atoms with Crippen molar-refractivity contribution < 1.29 is 14.7 Å². The maximum Gasteiger partial charge on any atom is 0.337 e. The van der Waals surface area contributed by atoms with Gasteiger partial charge in [0.2, 0.25) is 0 Å². The molecular weight excluding hydrogens is 336 g/mol. The molecule has 0 spiro atoms. The van der Waals surface area contributed by atoms with Crippen LogP contribution in [0.3, 0.4) is 0 Å². The number of nitrogen functional groups attached to an aromatic ring is 1. The molecular formula is C15H13BrN2O3. The molecule has 0 heterocycles. The van der Waals surface area contributed by atoms with Gasteiger partial charge in [0.15, 0.2) is 0 Å². The van der Waals surface area contributed by atoms with Crippen LogP contribution >= 0.6 is 15.9 Å². The fraction of sp³-hybridized carbons (Fsp3) is 0.0667. The monoisotopic (exact) mass is 348 g/mol. The molecule has 2 aromatic carbocycles. The van der Waals surface area contributed by atoms with Crippen molar-refractivity contribution in [3.05, 3.63) is 57.6 Å². The summed E-state index contributed by atoms with van der Waals surface area (Å²) in [5, 5.41) is 11.7. The van der Waals surface area contributed by atoms with Crippen LogP contribution in [0, 0.1) is 6.92 Å². The van der Waals surface area contributed by atoms with E-state index >= 15 is 0 Å². The van der Waals surface area contributed by atoms with Crippen LogP contribution in [0.4, 0.5) is 11.4 Å². The molecule has 2 aromatic rings. The van der Waals surface area contributed by atoms with Crippen LogP contribution in [0.25, 0.3) is 0 Å². The molecule has 0 unspecified atom stereocenters. The maximum absolute atomic E-state index is 12.2. The maximum atomic E-state index is 12.2. The molecule has 5 nitrogen and oxygen atoms in total. The van der Waals surface area contributed by atoms with Gasteiger partial charge in [0.05, 0.1) is 11.3 Å². The number of carbonyl (C=O) groups excluding carboxylic acids is 1. The summed E-state index contributed by atoms with van der Waals surface area (Å²) in [6.07, 6.45) is 0. The summed E-state index contributed by atoms with van der Waals surface area (Å²) in [4.78, 5) is 23.4. The lowest BCUT2D eigenvalue weighted by molar-refractivity contribution is 0.0698. The van der Waals surface area contributed by atoms with Crippen molar-refractivity contribution >= 4 is 39.2 Å². The van der Waals surface area contributed by atoms with Gasteiger partial charge in [-0.05, 0) is 42.8 Å². The predicted molar refractivity (Wildman–Crippen MR) is 84.6 cm³/mol. The highest BCUT2D eigenvalue weighted by Gasteiger charge is 2.14. The Labute approximate surface area is 129 Å². The van der Waals surface area contributed by atoms with Crippen molar-refractivity contribution in [1.29, 1.82) is 0 Å². The lowest BCUT2D eigenvalue weighted by Gasteiger charge is -2.10. The summed E-state index contributed by atoms with van der Waals surface area (Å²) < 4.78 is 0.623. The van der Waals surface area contributed by atoms with Gasteiger partial charge < -0.3 is 16.2 Å². The Morgan fingerprint density at radius 3 is 2.52 bits per heavy atom. The van der Waals surface area contributed by atoms with Crippen LogP contribution in [0.15, 0.2) is 40.9 Å². The van der Waals surface area contributed by atoms with Crippen LogP contribution in [0.1, 0.15) is 26.3 Å². The molecule has 0 radical (unpaired) electrons. The molecule has 0 bridgehead atoms. The largest absolute Gasteiger partial charge is 0.478 e. The van der Waals surface area contributed by atoms with Crippen LogP contribution in [-0.2, 0) is 0 Å². The van der Waals surface area contributed by atoms with Crippen molar-refractivity contribution in [1.82, 2.24) is 0 Å². The highest BCUT2D eigenvalue weighted by molar-refractivity contribution is 9.10. The number of benzene rings is 2. The van der Waals surface area contributed by atoms with E-state index in [1.165, 1.54) is 12.1 Å². The zero-order valence-corrected chi connectivity index (χ0v) is 12.8. The van der Waals surface area contributed by atoms with E-state index < -0.39 is 11.9 Å². The van der Waals surface area contributed by atoms with Crippen LogP contribution in [-0.4, -0.2) is 17.0 Å². The van der Waals surface area contributed by atoms with Crippen molar-refractivity contribution in [2.24, 2.45) is 0 Å². The highest BCUT2D eigenvalue weighted by Crippen LogP contribution is 2.22. The molecule has 21 heavy (non-hydrogen) atoms. The SMILES string of the molecule is Cc1ccc(C(=O)Nc2ccc(Br)cc2C(=O)O)cc1N. The molecule has 0 atom stereocenters. The number of carbonyl (C=O) groups is 2. The number of rotatable bonds is 3. The van der Waals surface area contributed by atoms with Gasteiger partial charge in [0.25, 0.3) is 5.91 Å². The van der Waals surface area contributed by atoms with Crippen molar-refractivity contribution in [2.45, 2.75) is 6.92 Å². The standard InChI is InChI=1S/C15H13BrN2O3/c1-8-2-3-9(6-12(8)17)14(19)18-13-5-4-10(16)7-11(13)15(20)21/h2-7H,17H2,1H3,(H,18,19)(H,20,21). The van der Waals surface area contributed by atoms with Crippen LogP contribution in [0.5, 0.6) is 0 Å². The second kappa shape index (κ2) is 5.97. The van der Waals surface area contributed by atoms with Crippen molar-refractivity contribution in [3.63, 3.8) is 0 Å². The number of nitrogens with two attached hydrogens (primary N) is 1. The van der Waals surface area contributed by atoms with E-state index in [-0.39, 0.29) is 11.3 Å². The Morgan fingerprint density at radius 1 is 1.19 bits per heavy atom. The summed E-state index contributed by atoms with van der Waals surface area (Å²) in [6, 6.07) is 9.56. The molecule has 0 saturated heterocycles. The summed E-state index contributed by atoms with van der Waals surface area (Å²) >= 11 is 3.20. The third kappa shape index (κ3) is 3.41. The number of nitrogens with one attached hydrogen (secondary N) is 1. The third-order valence-electron chi connectivity index (χ3n) is 3.00. The number of aryl methyl sites for hydroxylation is 1. The zero-order chi connectivity index (χ0) is 15.6. The Hall–Kier alpha value is -2.34. The van der Waals surface area contributed by atoms with Crippen LogP contribution in [0.2, 0.25) is 0 Å². The molecule has 0 aliphatic heterocycles. The minimum absolute atomic E-state index is 0.0119. The highest BCUT2D eigenvalue weighted by atomic mass is 79.9. The number of hydrogen-bond acceptors (Lipinski definition) is 3. The first-order valence-electron chi connectivity index (χ1n) is 6.09. The number of amides is 1. The van der Waals surface area contributed by atoms with Gasteiger partial charge >= 0.3 is 5.97 Å². The summed E-state index contributed by atoms with van der Waals surface area (Å²) in [7, 11) is 0. The normalized spacial score (nSPS) is 10.2. The number of carboxylic acids is 1. The Bertz CT molecular complexity index is 729. The van der Waals surface area contributed by atoms with Gasteiger partial charge in [-0.15, -0.1) is 0 Å². The molecule has 0 fully saturated rings. The van der Waals surface area contributed by atoms with Gasteiger partial charge in [-0.2, -0.15) is 0 Å². The van der Waals surface area contributed by atoms with E-state index in [0.29, 0.717) is 15.7 Å². The topological polar surface area (TPSA) is 92.4 Å². The molecule has 2 rings (SSSR count). The van der Waals surface area contributed by atoms with Crippen molar-refractivity contribution in [3.8, 4) is 0 Å². The molecule has 0 aromatic heterocycles. The Balaban J connectivity index is 2.31. The summed E-state index contributed by atoms with van der Waals surface area (Å²) in [6.45, 7) is 1.84. The fourth-order valence-electron chi connectivity index (χ4n) is 1.78. The molecule has 1 amide bonds. The first kappa shape index (κ1) is 15.1. The van der Waals surface area contributed by atoms with Gasteiger partial charge in [-0.25, -0.2) is 4.79 Å². The minimum Gasteiger partial charge on any atom is -0.478 e. The van der Waals surface area contributed by atoms with E-state index in [1.54, 1.807) is 24.3 Å². The number of anilines is 2. The molecule has 4 N–H and O–H groups in total. The van der Waals surface area contributed by atoms with E-state index in [4.69, 9.17) is 10.8 Å². The van der Waals surface area contributed by atoms with E-state index in [2.05, 4.69) is 21.2 Å². The van der Waals surface area contributed by atoms with Gasteiger partial charge in [0.1, 0.15) is 0 Å². The first-order valence-corrected chi connectivity index (χ1v) is 6.88. The first-order chi connectivity index (χ1) is 9.88. The molecule has 0 aliphatic rings. The molecule has 108 valence electrons. The quantitative estimate of drug-likeness (QED) is 0.742. The molecule has 0 saturated carbocycles. The number of hydrogen-bond donors (Lipinski definition) is 3. The van der Waals surface area contributed by atoms with E-state index in [1.807, 2.05) is 6.92 Å². The minimum atomic E-state index is -1.12. The second-order valence-electron chi connectivity index (χ2n) is 4.52. The fourth-order valence-corrected chi connectivity index (χ4v) is 2.14. The van der Waals surface area contributed by atoms with Gasteiger partial charge in [-0.1, -0.05) is 22.0 Å². The Kier molecular flexibility index (Phi) is 4.28. The van der Waals surface area contributed by atoms with E-state index in [9.17, 15) is 9.59 Å². The zero-order valence-electron chi connectivity index (χ0n) is 11.2. The third-order valence-corrected chi connectivity index (χ3v) is 3.49. The molecule has 0 aliphatic carbocycles. The molecule has 6 heteroatoms. The second-order valence-corrected chi connectivity index (χ2v) is 5.44. The number of halogens is 1. The van der Waals surface area contributed by atoms with Gasteiger partial charge in [0, 0.05) is 15.7 Å². The number of carboxylic acid groups (broad SMARTS) is 1. The average Bonchev–Trinajstić information content (AvgIpc) is 2.43. The predicted octanol–water partition coefficient (Wildman–Crippen LogP) is 3.29. The average molecular weight is 349 g/mol. The lowest BCUT2D eigenvalue weighted by Crippen LogP contribution is -2.15. The number of aromatic carboxylic acids is 1. The summed E-state index contributed by atoms with van der Waals surface area (Å²) in [5.41, 5.74) is 7.77.